The predicted molar refractivity (Wildman–Crippen MR) is 128 cm³/mol. The van der Waals surface area contributed by atoms with Crippen molar-refractivity contribution in [3.05, 3.63) is 29.0 Å². The fraction of sp³-hybridized carbons (Fsp3) is 0.478. The molecule has 2 aliphatic rings. The van der Waals surface area contributed by atoms with E-state index in [1.165, 1.54) is 0 Å². The molecule has 2 fully saturated rings. The Balaban J connectivity index is 1.33. The molecule has 0 radical (unpaired) electrons. The van der Waals surface area contributed by atoms with E-state index in [0.717, 1.165) is 66.0 Å². The van der Waals surface area contributed by atoms with Crippen molar-refractivity contribution < 1.29 is 4.74 Å². The summed E-state index contributed by atoms with van der Waals surface area (Å²) in [6.07, 6.45) is 4.02. The molecule has 2 atom stereocenters. The Bertz CT molecular complexity index is 1370. The molecule has 5 heterocycles. The third kappa shape index (κ3) is 3.13. The number of hydrogen-bond donors (Lipinski definition) is 2. The number of benzene rings is 1. The van der Waals surface area contributed by atoms with Gasteiger partial charge in [-0.2, -0.15) is 10.2 Å². The second kappa shape index (κ2) is 7.38. The van der Waals surface area contributed by atoms with E-state index in [2.05, 4.69) is 27.1 Å². The maximum Gasteiger partial charge on any atom is 0.177 e. The molecule has 6 rings (SSSR count). The number of ether oxygens (including phenoxy) is 1. The molecule has 172 valence electrons. The highest BCUT2D eigenvalue weighted by molar-refractivity contribution is 6.38. The van der Waals surface area contributed by atoms with E-state index in [0.29, 0.717) is 16.4 Å². The number of nitrogens with one attached hydrogen (secondary N) is 1. The van der Waals surface area contributed by atoms with E-state index in [-0.39, 0.29) is 17.6 Å². The lowest BCUT2D eigenvalue weighted by molar-refractivity contribution is 0.0974. The Morgan fingerprint density at radius 1 is 1.24 bits per heavy atom. The number of halogens is 1. The molecule has 3 N–H and O–H groups in total. The average molecular weight is 467 g/mol. The molecule has 33 heavy (non-hydrogen) atoms. The highest BCUT2D eigenvalue weighted by Gasteiger charge is 2.47. The zero-order valence-corrected chi connectivity index (χ0v) is 19.7. The molecule has 9 nitrogen and oxygen atoms in total. The van der Waals surface area contributed by atoms with E-state index in [9.17, 15) is 0 Å². The first-order chi connectivity index (χ1) is 15.9. The van der Waals surface area contributed by atoms with Gasteiger partial charge in [0.25, 0.3) is 0 Å². The molecule has 2 aliphatic heterocycles. The van der Waals surface area contributed by atoms with Crippen molar-refractivity contribution in [2.75, 3.05) is 24.6 Å². The third-order valence-corrected chi connectivity index (χ3v) is 7.85. The van der Waals surface area contributed by atoms with Gasteiger partial charge in [-0.25, -0.2) is 9.97 Å². The molecule has 10 heteroatoms. The van der Waals surface area contributed by atoms with E-state index >= 15 is 0 Å². The van der Waals surface area contributed by atoms with Gasteiger partial charge >= 0.3 is 0 Å². The maximum absolute atomic E-state index is 6.74. The molecule has 3 aromatic heterocycles. The molecule has 1 spiro atoms. The molecular formula is C23H27ClN8O. The SMILES string of the molecule is Cc1nc2c(-c3ccc4nn(C)cc4c3Cl)n[nH]c2nc1N1CCC2(CC1)CO[C@@H](C)[C@H]2N. The fourth-order valence-corrected chi connectivity index (χ4v) is 5.70. The van der Waals surface area contributed by atoms with Gasteiger partial charge in [0, 0.05) is 48.7 Å². The number of nitrogens with two attached hydrogens (primary N) is 1. The van der Waals surface area contributed by atoms with Crippen LogP contribution in [0.3, 0.4) is 0 Å². The van der Waals surface area contributed by atoms with Gasteiger partial charge in [0.1, 0.15) is 11.2 Å². The first-order valence-electron chi connectivity index (χ1n) is 11.3. The van der Waals surface area contributed by atoms with Crippen molar-refractivity contribution in [3.8, 4) is 11.3 Å². The van der Waals surface area contributed by atoms with Crippen LogP contribution in [-0.4, -0.2) is 61.8 Å². The van der Waals surface area contributed by atoms with Crippen LogP contribution in [0.5, 0.6) is 0 Å². The Labute approximate surface area is 196 Å². The number of fused-ring (bicyclic) bond motifs is 2. The van der Waals surface area contributed by atoms with Crippen LogP contribution in [0.15, 0.2) is 18.3 Å². The molecule has 0 saturated carbocycles. The number of aromatic amines is 1. The molecule has 1 aromatic carbocycles. The summed E-state index contributed by atoms with van der Waals surface area (Å²) in [4.78, 5) is 12.1. The number of anilines is 1. The van der Waals surface area contributed by atoms with Gasteiger partial charge in [0.15, 0.2) is 11.5 Å². The molecule has 4 aromatic rings. The van der Waals surface area contributed by atoms with Crippen LogP contribution in [0.2, 0.25) is 5.02 Å². The summed E-state index contributed by atoms with van der Waals surface area (Å²) in [5.74, 6) is 0.891. The summed E-state index contributed by atoms with van der Waals surface area (Å²) in [5.41, 5.74) is 11.2. The summed E-state index contributed by atoms with van der Waals surface area (Å²) in [7, 11) is 1.88. The minimum atomic E-state index is 0.0736. The zero-order chi connectivity index (χ0) is 22.9. The number of rotatable bonds is 2. The first-order valence-corrected chi connectivity index (χ1v) is 11.7. The minimum absolute atomic E-state index is 0.0736. The molecule has 0 amide bonds. The van der Waals surface area contributed by atoms with Gasteiger partial charge in [-0.15, -0.1) is 0 Å². The molecule has 0 aliphatic carbocycles. The van der Waals surface area contributed by atoms with Crippen LogP contribution in [-0.2, 0) is 11.8 Å². The molecule has 2 saturated heterocycles. The monoisotopic (exact) mass is 466 g/mol. The summed E-state index contributed by atoms with van der Waals surface area (Å²) in [6, 6.07) is 3.98. The lowest BCUT2D eigenvalue weighted by atomic mass is 9.73. The summed E-state index contributed by atoms with van der Waals surface area (Å²) < 4.78 is 7.62. The van der Waals surface area contributed by atoms with Crippen LogP contribution in [0, 0.1) is 12.3 Å². The standard InChI is InChI=1S/C23H27ClN8O/c1-12-22(32-8-6-23(7-9-32)11-33-13(2)20(23)25)27-21-19(26-12)18(28-29-21)14-4-5-16-15(17(14)24)10-31(3)30-16/h4-5,10,13,20H,6-9,11,25H2,1-3H3,(H,27,28,29)/t13-,20+/m0/s1. The van der Waals surface area contributed by atoms with Crippen LogP contribution in [0.25, 0.3) is 33.3 Å². The van der Waals surface area contributed by atoms with Crippen molar-refractivity contribution in [1.82, 2.24) is 29.9 Å². The molecular weight excluding hydrogens is 440 g/mol. The maximum atomic E-state index is 6.74. The molecule has 0 unspecified atom stereocenters. The van der Waals surface area contributed by atoms with Crippen molar-refractivity contribution in [2.45, 2.75) is 38.8 Å². The Hall–Kier alpha value is -2.75. The highest BCUT2D eigenvalue weighted by atomic mass is 35.5. The van der Waals surface area contributed by atoms with Crippen molar-refractivity contribution in [1.29, 1.82) is 0 Å². The number of hydrogen-bond acceptors (Lipinski definition) is 7. The van der Waals surface area contributed by atoms with Crippen molar-refractivity contribution in [2.24, 2.45) is 18.2 Å². The van der Waals surface area contributed by atoms with Gasteiger partial charge in [0.2, 0.25) is 0 Å². The summed E-state index contributed by atoms with van der Waals surface area (Å²) in [6.45, 7) is 6.59. The van der Waals surface area contributed by atoms with Crippen LogP contribution in [0.4, 0.5) is 5.82 Å². The van der Waals surface area contributed by atoms with E-state index < -0.39 is 0 Å². The largest absolute Gasteiger partial charge is 0.376 e. The summed E-state index contributed by atoms with van der Waals surface area (Å²) >= 11 is 6.74. The first kappa shape index (κ1) is 20.8. The smallest absolute Gasteiger partial charge is 0.177 e. The van der Waals surface area contributed by atoms with Crippen LogP contribution >= 0.6 is 11.6 Å². The fourth-order valence-electron chi connectivity index (χ4n) is 5.40. The third-order valence-electron chi connectivity index (χ3n) is 7.44. The second-order valence-corrected chi connectivity index (χ2v) is 9.83. The normalized spacial score (nSPS) is 22.8. The van der Waals surface area contributed by atoms with E-state index in [1.54, 1.807) is 4.68 Å². The number of aromatic nitrogens is 6. The lowest BCUT2D eigenvalue weighted by Crippen LogP contribution is -2.50. The van der Waals surface area contributed by atoms with Crippen molar-refractivity contribution >= 4 is 39.5 Å². The highest BCUT2D eigenvalue weighted by Crippen LogP contribution is 2.42. The summed E-state index contributed by atoms with van der Waals surface area (Å²) in [5, 5.41) is 13.5. The van der Waals surface area contributed by atoms with Gasteiger partial charge in [-0.3, -0.25) is 9.78 Å². The Morgan fingerprint density at radius 2 is 2.03 bits per heavy atom. The number of aryl methyl sites for hydroxylation is 2. The number of H-pyrrole nitrogens is 1. The van der Waals surface area contributed by atoms with Crippen molar-refractivity contribution in [3.63, 3.8) is 0 Å². The number of piperidine rings is 1. The minimum Gasteiger partial charge on any atom is -0.376 e. The predicted octanol–water partition coefficient (Wildman–Crippen LogP) is 3.20. The zero-order valence-electron chi connectivity index (χ0n) is 19.0. The van der Waals surface area contributed by atoms with Gasteiger partial charge in [0.05, 0.1) is 28.9 Å². The quantitative estimate of drug-likeness (QED) is 0.466. The topological polar surface area (TPSA) is 111 Å². The molecule has 0 bridgehead atoms. The van der Waals surface area contributed by atoms with Crippen LogP contribution < -0.4 is 10.6 Å². The van der Waals surface area contributed by atoms with E-state index in [4.69, 9.17) is 32.0 Å². The average Bonchev–Trinajstić information content (AvgIpc) is 3.47. The van der Waals surface area contributed by atoms with E-state index in [1.807, 2.05) is 32.3 Å². The lowest BCUT2D eigenvalue weighted by Gasteiger charge is -2.41. The Kier molecular flexibility index (Phi) is 4.66. The van der Waals surface area contributed by atoms with Crippen LogP contribution in [0.1, 0.15) is 25.5 Å². The van der Waals surface area contributed by atoms with Gasteiger partial charge < -0.3 is 15.4 Å². The van der Waals surface area contributed by atoms with Gasteiger partial charge in [-0.05, 0) is 38.8 Å². The second-order valence-electron chi connectivity index (χ2n) is 9.46. The number of nitrogens with zero attached hydrogens (tertiary/aromatic N) is 6. The van der Waals surface area contributed by atoms with Gasteiger partial charge in [-0.1, -0.05) is 11.6 Å². The Morgan fingerprint density at radius 3 is 2.76 bits per heavy atom.